The van der Waals surface area contributed by atoms with Crippen molar-refractivity contribution >= 4 is 0 Å². The summed E-state index contributed by atoms with van der Waals surface area (Å²) in [6, 6.07) is 6.38. The van der Waals surface area contributed by atoms with Crippen molar-refractivity contribution in [3.63, 3.8) is 0 Å². The number of nitrogens with one attached hydrogen (secondary N) is 1. The molecule has 3 nitrogen and oxygen atoms in total. The van der Waals surface area contributed by atoms with Gasteiger partial charge in [-0.15, -0.1) is 0 Å². The van der Waals surface area contributed by atoms with Crippen molar-refractivity contribution in [3.05, 3.63) is 23.8 Å². The van der Waals surface area contributed by atoms with Gasteiger partial charge in [0.1, 0.15) is 11.5 Å². The van der Waals surface area contributed by atoms with Gasteiger partial charge in [0.15, 0.2) is 0 Å². The van der Waals surface area contributed by atoms with Gasteiger partial charge in [-0.25, -0.2) is 0 Å². The van der Waals surface area contributed by atoms with Gasteiger partial charge in [-0.1, -0.05) is 0 Å². The van der Waals surface area contributed by atoms with Gasteiger partial charge in [0.2, 0.25) is 0 Å². The summed E-state index contributed by atoms with van der Waals surface area (Å²) in [6.45, 7) is 0.845. The van der Waals surface area contributed by atoms with Gasteiger partial charge >= 0.3 is 0 Å². The van der Waals surface area contributed by atoms with Crippen LogP contribution >= 0.6 is 0 Å². The van der Waals surface area contributed by atoms with Gasteiger partial charge in [0, 0.05) is 24.6 Å². The van der Waals surface area contributed by atoms with Crippen LogP contribution in [0.4, 0.5) is 4.39 Å². The van der Waals surface area contributed by atoms with E-state index in [2.05, 4.69) is 5.32 Å². The maximum Gasteiger partial charge on any atom is 0.124 e. The third-order valence-electron chi connectivity index (χ3n) is 2.96. The fourth-order valence-electron chi connectivity index (χ4n) is 1.74. The molecule has 0 heterocycles. The van der Waals surface area contributed by atoms with Gasteiger partial charge < -0.3 is 14.8 Å². The van der Waals surface area contributed by atoms with Crippen molar-refractivity contribution < 1.29 is 13.9 Å². The molecule has 4 heteroatoms. The lowest BCUT2D eigenvalue weighted by atomic mass is 10.2. The lowest BCUT2D eigenvalue weighted by molar-refractivity contribution is 0.286. The number of rotatable bonds is 8. The normalized spacial score (nSPS) is 14.6. The van der Waals surface area contributed by atoms with Crippen LogP contribution in [0.5, 0.6) is 11.5 Å². The largest absolute Gasteiger partial charge is 0.497 e. The summed E-state index contributed by atoms with van der Waals surface area (Å²) < 4.78 is 22.9. The molecule has 0 bridgehead atoms. The average Bonchev–Trinajstić information content (AvgIpc) is 3.21. The van der Waals surface area contributed by atoms with E-state index < -0.39 is 0 Å². The van der Waals surface area contributed by atoms with Crippen molar-refractivity contribution in [2.45, 2.75) is 31.8 Å². The van der Waals surface area contributed by atoms with Crippen molar-refractivity contribution in [1.82, 2.24) is 5.32 Å². The van der Waals surface area contributed by atoms with Gasteiger partial charge in [-0.2, -0.15) is 0 Å². The number of ether oxygens (including phenoxy) is 2. The van der Waals surface area contributed by atoms with E-state index in [9.17, 15) is 4.39 Å². The summed E-state index contributed by atoms with van der Waals surface area (Å²) in [4.78, 5) is 0. The second kappa shape index (κ2) is 6.59. The molecule has 100 valence electrons. The van der Waals surface area contributed by atoms with Crippen LogP contribution in [0.3, 0.4) is 0 Å². The van der Waals surface area contributed by atoms with Crippen LogP contribution in [0.1, 0.15) is 24.8 Å². The van der Waals surface area contributed by atoms with E-state index in [1.165, 1.54) is 12.8 Å². The van der Waals surface area contributed by atoms with Crippen molar-refractivity contribution in [3.8, 4) is 11.5 Å². The molecule has 2 rings (SSSR count). The molecule has 1 aromatic rings. The SMILES string of the molecule is COc1ccc(OCCCF)c(CNC2CC2)c1. The number of alkyl halides is 1. The molecule has 0 aliphatic heterocycles. The van der Waals surface area contributed by atoms with Crippen LogP contribution in [-0.2, 0) is 6.54 Å². The van der Waals surface area contributed by atoms with Crippen LogP contribution in [0.15, 0.2) is 18.2 Å². The van der Waals surface area contributed by atoms with Gasteiger partial charge in [0.25, 0.3) is 0 Å². The second-order valence-corrected chi connectivity index (χ2v) is 4.52. The van der Waals surface area contributed by atoms with Crippen LogP contribution in [0.25, 0.3) is 0 Å². The molecule has 1 saturated carbocycles. The lowest BCUT2D eigenvalue weighted by Gasteiger charge is -2.13. The summed E-state index contributed by atoms with van der Waals surface area (Å²) in [6.07, 6.45) is 2.94. The molecule has 0 radical (unpaired) electrons. The van der Waals surface area contributed by atoms with E-state index in [4.69, 9.17) is 9.47 Å². The molecule has 18 heavy (non-hydrogen) atoms. The molecule has 1 aliphatic rings. The van der Waals surface area contributed by atoms with E-state index in [0.717, 1.165) is 23.6 Å². The molecule has 1 aromatic carbocycles. The Balaban J connectivity index is 1.99. The minimum absolute atomic E-state index is 0.341. The van der Waals surface area contributed by atoms with Crippen LogP contribution in [-0.4, -0.2) is 26.4 Å². The summed E-state index contributed by atoms with van der Waals surface area (Å²) >= 11 is 0. The first kappa shape index (κ1) is 13.1. The maximum absolute atomic E-state index is 12.1. The van der Waals surface area contributed by atoms with Crippen LogP contribution in [0.2, 0.25) is 0 Å². The van der Waals surface area contributed by atoms with Gasteiger partial charge in [-0.05, 0) is 31.0 Å². The second-order valence-electron chi connectivity index (χ2n) is 4.52. The minimum atomic E-state index is -0.341. The fourth-order valence-corrected chi connectivity index (χ4v) is 1.74. The summed E-state index contributed by atoms with van der Waals surface area (Å²) in [5, 5.41) is 3.45. The standard InChI is InChI=1S/C14H20FNO2/c1-17-13-5-6-14(18-8-2-7-15)11(9-13)10-16-12-3-4-12/h5-6,9,12,16H,2-4,7-8,10H2,1H3. The molecule has 0 saturated heterocycles. The van der Waals surface area contributed by atoms with Crippen molar-refractivity contribution in [2.75, 3.05) is 20.4 Å². The zero-order valence-corrected chi connectivity index (χ0v) is 10.7. The Morgan fingerprint density at radius 2 is 2.22 bits per heavy atom. The van der Waals surface area contributed by atoms with Gasteiger partial charge in [-0.3, -0.25) is 4.39 Å². The molecule has 0 aromatic heterocycles. The first-order valence-electron chi connectivity index (χ1n) is 6.42. The topological polar surface area (TPSA) is 30.5 Å². The van der Waals surface area contributed by atoms with Crippen LogP contribution in [0, 0.1) is 0 Å². The Labute approximate surface area is 107 Å². The maximum atomic E-state index is 12.1. The predicted octanol–water partition coefficient (Wildman–Crippen LogP) is 2.69. The molecule has 0 atom stereocenters. The predicted molar refractivity (Wildman–Crippen MR) is 68.9 cm³/mol. The third kappa shape index (κ3) is 3.88. The fraction of sp³-hybridized carbons (Fsp3) is 0.571. The Morgan fingerprint density at radius 3 is 2.89 bits per heavy atom. The molecule has 1 N–H and O–H groups in total. The minimum Gasteiger partial charge on any atom is -0.497 e. The third-order valence-corrected chi connectivity index (χ3v) is 2.96. The Bertz CT molecular complexity index is 380. The quantitative estimate of drug-likeness (QED) is 0.723. The molecular weight excluding hydrogens is 233 g/mol. The molecular formula is C14H20FNO2. The highest BCUT2D eigenvalue weighted by atomic mass is 19.1. The highest BCUT2D eigenvalue weighted by Gasteiger charge is 2.20. The summed E-state index contributed by atoms with van der Waals surface area (Å²) in [5.41, 5.74) is 1.07. The zero-order chi connectivity index (χ0) is 12.8. The van der Waals surface area contributed by atoms with E-state index in [1.54, 1.807) is 7.11 Å². The molecule has 0 unspecified atom stereocenters. The Morgan fingerprint density at radius 1 is 1.39 bits per heavy atom. The number of methoxy groups -OCH3 is 1. The zero-order valence-electron chi connectivity index (χ0n) is 10.7. The van der Waals surface area contributed by atoms with E-state index >= 15 is 0 Å². The Kier molecular flexibility index (Phi) is 4.81. The van der Waals surface area contributed by atoms with Crippen LogP contribution < -0.4 is 14.8 Å². The number of hydrogen-bond donors (Lipinski definition) is 1. The monoisotopic (exact) mass is 253 g/mol. The van der Waals surface area contributed by atoms with E-state index in [-0.39, 0.29) is 6.67 Å². The van der Waals surface area contributed by atoms with Crippen molar-refractivity contribution in [1.29, 1.82) is 0 Å². The summed E-state index contributed by atoms with van der Waals surface area (Å²) in [5.74, 6) is 1.64. The Hall–Kier alpha value is -1.29. The lowest BCUT2D eigenvalue weighted by Crippen LogP contribution is -2.16. The van der Waals surface area contributed by atoms with Crippen molar-refractivity contribution in [2.24, 2.45) is 0 Å². The van der Waals surface area contributed by atoms with E-state index in [1.807, 2.05) is 18.2 Å². The molecule has 1 fully saturated rings. The van der Waals surface area contributed by atoms with E-state index in [0.29, 0.717) is 19.1 Å². The highest BCUT2D eigenvalue weighted by Crippen LogP contribution is 2.26. The smallest absolute Gasteiger partial charge is 0.124 e. The first-order valence-corrected chi connectivity index (χ1v) is 6.42. The number of hydrogen-bond acceptors (Lipinski definition) is 3. The molecule has 0 spiro atoms. The summed E-state index contributed by atoms with van der Waals surface area (Å²) in [7, 11) is 1.65. The number of benzene rings is 1. The molecule has 0 amide bonds. The number of halogens is 1. The highest BCUT2D eigenvalue weighted by molar-refractivity contribution is 5.40. The first-order chi connectivity index (χ1) is 8.83. The average molecular weight is 253 g/mol. The van der Waals surface area contributed by atoms with Gasteiger partial charge in [0.05, 0.1) is 20.4 Å². The molecule has 1 aliphatic carbocycles.